The third-order valence-electron chi connectivity index (χ3n) is 3.95. The molecular weight excluding hydrogens is 342 g/mol. The molecule has 0 aliphatic carbocycles. The first kappa shape index (κ1) is 17.0. The fourth-order valence-electron chi connectivity index (χ4n) is 2.91. The summed E-state index contributed by atoms with van der Waals surface area (Å²) in [5.41, 5.74) is 3.86. The van der Waals surface area contributed by atoms with Gasteiger partial charge in [-0.3, -0.25) is 0 Å². The fourth-order valence-corrected chi connectivity index (χ4v) is 2.91. The molecule has 0 spiro atoms. The third kappa shape index (κ3) is 3.44. The normalized spacial score (nSPS) is 12.3. The number of rotatable bonds is 3. The number of nitrogens with zero attached hydrogens (tertiary/aromatic N) is 4. The molecule has 4 aromatic rings. The zero-order valence-electron chi connectivity index (χ0n) is 15.3. The van der Waals surface area contributed by atoms with Crippen molar-refractivity contribution < 1.29 is 9.53 Å². The molecule has 4 aromatic heterocycles. The molecular formula is C20H19N5O2. The molecule has 4 rings (SSSR count). The van der Waals surface area contributed by atoms with Crippen molar-refractivity contribution >= 4 is 28.6 Å². The quantitative estimate of drug-likeness (QED) is 0.445. The number of nitrogens with one attached hydrogen (secondary N) is 1. The summed E-state index contributed by atoms with van der Waals surface area (Å²) in [6.07, 6.45) is 8.34. The van der Waals surface area contributed by atoms with Crippen LogP contribution in [0.1, 0.15) is 26.5 Å². The van der Waals surface area contributed by atoms with E-state index >= 15 is 0 Å². The van der Waals surface area contributed by atoms with E-state index in [1.54, 1.807) is 29.3 Å². The fraction of sp³-hybridized carbons (Fsp3) is 0.200. The minimum absolute atomic E-state index is 0.386. The van der Waals surface area contributed by atoms with E-state index in [0.29, 0.717) is 0 Å². The Bertz CT molecular complexity index is 1160. The SMILES string of the molecule is CC(C)(C)OC(=O)/C=C/c1cc2c(-c3cnn4ncccc34)ccnc2[nH]1. The maximum absolute atomic E-state index is 11.9. The van der Waals surface area contributed by atoms with Gasteiger partial charge < -0.3 is 9.72 Å². The summed E-state index contributed by atoms with van der Waals surface area (Å²) in [6.45, 7) is 5.51. The summed E-state index contributed by atoms with van der Waals surface area (Å²) in [6, 6.07) is 7.75. The molecule has 4 heterocycles. The van der Waals surface area contributed by atoms with Gasteiger partial charge in [-0.05, 0) is 56.7 Å². The van der Waals surface area contributed by atoms with E-state index in [9.17, 15) is 4.79 Å². The van der Waals surface area contributed by atoms with Crippen LogP contribution in [-0.2, 0) is 9.53 Å². The molecule has 0 radical (unpaired) electrons. The number of aromatic amines is 1. The summed E-state index contributed by atoms with van der Waals surface area (Å²) in [7, 11) is 0. The minimum atomic E-state index is -0.520. The van der Waals surface area contributed by atoms with Gasteiger partial charge in [0.25, 0.3) is 0 Å². The van der Waals surface area contributed by atoms with Gasteiger partial charge in [0.2, 0.25) is 0 Å². The van der Waals surface area contributed by atoms with E-state index in [1.165, 1.54) is 6.08 Å². The monoisotopic (exact) mass is 361 g/mol. The maximum atomic E-state index is 11.9. The second-order valence-electron chi connectivity index (χ2n) is 7.17. The van der Waals surface area contributed by atoms with Crippen LogP contribution in [0, 0.1) is 0 Å². The molecule has 0 amide bonds. The van der Waals surface area contributed by atoms with Crippen LogP contribution < -0.4 is 0 Å². The standard InChI is InChI=1S/C20H19N5O2/c1-20(2,3)27-18(26)7-6-13-11-15-14(8-10-21-19(15)24-13)16-12-23-25-17(16)5-4-9-22-25/h4-12H,1-3H3,(H,21,24)/b7-6+. The molecule has 136 valence electrons. The predicted molar refractivity (Wildman–Crippen MR) is 103 cm³/mol. The van der Waals surface area contributed by atoms with Gasteiger partial charge in [0.1, 0.15) is 11.2 Å². The van der Waals surface area contributed by atoms with Crippen molar-refractivity contribution in [3.8, 4) is 11.1 Å². The van der Waals surface area contributed by atoms with E-state index in [2.05, 4.69) is 20.2 Å². The molecule has 7 nitrogen and oxygen atoms in total. The number of aromatic nitrogens is 5. The van der Waals surface area contributed by atoms with Crippen LogP contribution in [0.25, 0.3) is 33.8 Å². The van der Waals surface area contributed by atoms with Crippen LogP contribution in [0.5, 0.6) is 0 Å². The van der Waals surface area contributed by atoms with Gasteiger partial charge in [0.05, 0.1) is 11.7 Å². The highest BCUT2D eigenvalue weighted by atomic mass is 16.6. The average molecular weight is 361 g/mol. The molecule has 0 saturated heterocycles. The van der Waals surface area contributed by atoms with Crippen molar-refractivity contribution in [2.75, 3.05) is 0 Å². The Kier molecular flexibility index (Phi) is 3.99. The van der Waals surface area contributed by atoms with E-state index in [4.69, 9.17) is 4.74 Å². The lowest BCUT2D eigenvalue weighted by molar-refractivity contribution is -0.148. The van der Waals surface area contributed by atoms with Crippen molar-refractivity contribution in [3.63, 3.8) is 0 Å². The molecule has 0 fully saturated rings. The highest BCUT2D eigenvalue weighted by molar-refractivity contribution is 5.99. The lowest BCUT2D eigenvalue weighted by atomic mass is 10.1. The zero-order valence-corrected chi connectivity index (χ0v) is 15.3. The van der Waals surface area contributed by atoms with Gasteiger partial charge in [-0.25, -0.2) is 9.78 Å². The third-order valence-corrected chi connectivity index (χ3v) is 3.95. The Balaban J connectivity index is 1.72. The molecule has 0 bridgehead atoms. The lowest BCUT2D eigenvalue weighted by Gasteiger charge is -2.17. The largest absolute Gasteiger partial charge is 0.457 e. The molecule has 0 aliphatic rings. The molecule has 1 N–H and O–H groups in total. The van der Waals surface area contributed by atoms with Gasteiger partial charge in [0, 0.05) is 35.1 Å². The first-order valence-corrected chi connectivity index (χ1v) is 8.59. The molecule has 0 aromatic carbocycles. The van der Waals surface area contributed by atoms with Crippen molar-refractivity contribution in [3.05, 3.63) is 54.6 Å². The Labute approximate surface area is 155 Å². The number of H-pyrrole nitrogens is 1. The van der Waals surface area contributed by atoms with Crippen molar-refractivity contribution in [1.29, 1.82) is 0 Å². The molecule has 0 aliphatic heterocycles. The summed E-state index contributed by atoms with van der Waals surface area (Å²) < 4.78 is 6.89. The smallest absolute Gasteiger partial charge is 0.331 e. The van der Waals surface area contributed by atoms with E-state index in [-0.39, 0.29) is 5.97 Å². The van der Waals surface area contributed by atoms with E-state index in [0.717, 1.165) is 33.4 Å². The highest BCUT2D eigenvalue weighted by Crippen LogP contribution is 2.31. The van der Waals surface area contributed by atoms with Crippen molar-refractivity contribution in [1.82, 2.24) is 24.8 Å². The van der Waals surface area contributed by atoms with Crippen LogP contribution in [0.3, 0.4) is 0 Å². The minimum Gasteiger partial charge on any atom is -0.457 e. The molecule has 0 atom stereocenters. The topological polar surface area (TPSA) is 85.2 Å². The molecule has 0 saturated carbocycles. The van der Waals surface area contributed by atoms with Gasteiger partial charge >= 0.3 is 5.97 Å². The number of hydrogen-bond donors (Lipinski definition) is 1. The molecule has 0 unspecified atom stereocenters. The van der Waals surface area contributed by atoms with Crippen molar-refractivity contribution in [2.24, 2.45) is 0 Å². The first-order valence-electron chi connectivity index (χ1n) is 8.59. The zero-order chi connectivity index (χ0) is 19.0. The molecule has 7 heteroatoms. The Morgan fingerprint density at radius 1 is 1.19 bits per heavy atom. The van der Waals surface area contributed by atoms with Crippen LogP contribution >= 0.6 is 0 Å². The number of fused-ring (bicyclic) bond motifs is 2. The average Bonchev–Trinajstić information content (AvgIpc) is 3.22. The van der Waals surface area contributed by atoms with Crippen LogP contribution in [0.4, 0.5) is 0 Å². The lowest BCUT2D eigenvalue weighted by Crippen LogP contribution is -2.22. The Morgan fingerprint density at radius 3 is 2.85 bits per heavy atom. The Morgan fingerprint density at radius 2 is 2.04 bits per heavy atom. The van der Waals surface area contributed by atoms with Gasteiger partial charge in [-0.15, -0.1) is 0 Å². The summed E-state index contributed by atoms with van der Waals surface area (Å²) in [5.74, 6) is -0.386. The number of hydrogen-bond acceptors (Lipinski definition) is 5. The summed E-state index contributed by atoms with van der Waals surface area (Å²) in [4.78, 5) is 19.5. The second-order valence-corrected chi connectivity index (χ2v) is 7.17. The number of esters is 1. The summed E-state index contributed by atoms with van der Waals surface area (Å²) in [5, 5.41) is 9.46. The first-order chi connectivity index (χ1) is 12.9. The van der Waals surface area contributed by atoms with E-state index in [1.807, 2.05) is 45.0 Å². The van der Waals surface area contributed by atoms with Crippen LogP contribution in [0.15, 0.2) is 48.9 Å². The Hall–Kier alpha value is -3.48. The van der Waals surface area contributed by atoms with Gasteiger partial charge in [0.15, 0.2) is 0 Å². The van der Waals surface area contributed by atoms with Gasteiger partial charge in [-0.1, -0.05) is 0 Å². The second kappa shape index (κ2) is 6.35. The van der Waals surface area contributed by atoms with Crippen LogP contribution in [-0.4, -0.2) is 36.4 Å². The van der Waals surface area contributed by atoms with Crippen LogP contribution in [0.2, 0.25) is 0 Å². The highest BCUT2D eigenvalue weighted by Gasteiger charge is 2.15. The number of ether oxygens (including phenoxy) is 1. The van der Waals surface area contributed by atoms with E-state index < -0.39 is 5.60 Å². The predicted octanol–water partition coefficient (Wildman–Crippen LogP) is 3.63. The van der Waals surface area contributed by atoms with Crippen molar-refractivity contribution in [2.45, 2.75) is 26.4 Å². The number of carbonyl (C=O) groups is 1. The number of carbonyl (C=O) groups excluding carboxylic acids is 1. The maximum Gasteiger partial charge on any atom is 0.331 e. The molecule has 27 heavy (non-hydrogen) atoms. The van der Waals surface area contributed by atoms with Gasteiger partial charge in [-0.2, -0.15) is 14.8 Å². The number of pyridine rings is 1. The summed E-state index contributed by atoms with van der Waals surface area (Å²) >= 11 is 0.